The zero-order valence-corrected chi connectivity index (χ0v) is 7.20. The third-order valence-corrected chi connectivity index (χ3v) is 1.45. The molecule has 0 atom stereocenters. The summed E-state index contributed by atoms with van der Waals surface area (Å²) in [5, 5.41) is 10.1. The summed E-state index contributed by atoms with van der Waals surface area (Å²) in [6.45, 7) is 5.38. The second-order valence-corrected chi connectivity index (χ2v) is 3.12. The second kappa shape index (κ2) is 3.37. The summed E-state index contributed by atoms with van der Waals surface area (Å²) in [4.78, 5) is 2.10. The summed E-state index contributed by atoms with van der Waals surface area (Å²) in [5.74, 6) is 1.63. The minimum absolute atomic E-state index is 0.656. The molecule has 1 heterocycles. The van der Waals surface area contributed by atoms with E-state index in [1.54, 1.807) is 6.20 Å². The highest BCUT2D eigenvalue weighted by molar-refractivity contribution is 5.32. The predicted octanol–water partition coefficient (Wildman–Crippen LogP) is 0.897. The Labute approximate surface area is 66.6 Å². The molecule has 0 aliphatic carbocycles. The van der Waals surface area contributed by atoms with Gasteiger partial charge in [0.1, 0.15) is 5.82 Å². The predicted molar refractivity (Wildman–Crippen MR) is 44.5 cm³/mol. The number of rotatable bonds is 3. The molecule has 1 rings (SSSR count). The highest BCUT2D eigenvalue weighted by Gasteiger charge is 2.03. The second-order valence-electron chi connectivity index (χ2n) is 3.12. The van der Waals surface area contributed by atoms with E-state index in [9.17, 15) is 0 Å². The van der Waals surface area contributed by atoms with Gasteiger partial charge in [-0.25, -0.2) is 5.10 Å². The molecule has 1 N–H and O–H groups in total. The molecular formula is C7H14N4. The molecule has 0 aliphatic rings. The van der Waals surface area contributed by atoms with Gasteiger partial charge in [0.25, 0.3) is 0 Å². The van der Waals surface area contributed by atoms with Crippen molar-refractivity contribution < 1.29 is 0 Å². The van der Waals surface area contributed by atoms with Crippen LogP contribution in [-0.2, 0) is 0 Å². The normalized spacial score (nSPS) is 10.5. The van der Waals surface area contributed by atoms with Gasteiger partial charge >= 0.3 is 0 Å². The van der Waals surface area contributed by atoms with Crippen LogP contribution in [0.15, 0.2) is 6.20 Å². The quantitative estimate of drug-likeness (QED) is 0.703. The highest BCUT2D eigenvalue weighted by atomic mass is 15.4. The first-order valence-electron chi connectivity index (χ1n) is 3.77. The van der Waals surface area contributed by atoms with Gasteiger partial charge in [0.15, 0.2) is 0 Å². The van der Waals surface area contributed by atoms with Crippen molar-refractivity contribution in [3.8, 4) is 0 Å². The lowest BCUT2D eigenvalue weighted by molar-refractivity contribution is 0.634. The molecule has 0 spiro atoms. The van der Waals surface area contributed by atoms with E-state index in [0.29, 0.717) is 5.92 Å². The average molecular weight is 154 g/mol. The van der Waals surface area contributed by atoms with E-state index in [-0.39, 0.29) is 0 Å². The zero-order chi connectivity index (χ0) is 8.27. The van der Waals surface area contributed by atoms with Crippen LogP contribution >= 0.6 is 0 Å². The highest BCUT2D eigenvalue weighted by Crippen LogP contribution is 2.06. The maximum absolute atomic E-state index is 3.70. The van der Waals surface area contributed by atoms with Crippen molar-refractivity contribution in [3.63, 3.8) is 0 Å². The lowest BCUT2D eigenvalue weighted by atomic mass is 10.2. The van der Waals surface area contributed by atoms with Crippen molar-refractivity contribution in [2.75, 3.05) is 18.5 Å². The van der Waals surface area contributed by atoms with E-state index in [1.807, 2.05) is 7.05 Å². The number of hydrogen-bond acceptors (Lipinski definition) is 3. The molecular weight excluding hydrogens is 140 g/mol. The Balaban J connectivity index is 2.49. The van der Waals surface area contributed by atoms with Gasteiger partial charge in [-0.1, -0.05) is 19.1 Å². The van der Waals surface area contributed by atoms with Gasteiger partial charge in [0, 0.05) is 13.6 Å². The molecule has 0 saturated heterocycles. The van der Waals surface area contributed by atoms with E-state index in [1.165, 1.54) is 0 Å². The van der Waals surface area contributed by atoms with Crippen LogP contribution in [0.2, 0.25) is 0 Å². The molecule has 4 nitrogen and oxygen atoms in total. The Bertz CT molecular complexity index is 192. The molecule has 1 aromatic heterocycles. The molecule has 0 unspecified atom stereocenters. The van der Waals surface area contributed by atoms with Gasteiger partial charge in [-0.15, -0.1) is 5.10 Å². The van der Waals surface area contributed by atoms with Gasteiger partial charge in [0.2, 0.25) is 0 Å². The monoisotopic (exact) mass is 154 g/mol. The van der Waals surface area contributed by atoms with E-state index in [0.717, 1.165) is 12.4 Å². The summed E-state index contributed by atoms with van der Waals surface area (Å²) in [7, 11) is 2.02. The van der Waals surface area contributed by atoms with E-state index in [2.05, 4.69) is 34.2 Å². The molecule has 11 heavy (non-hydrogen) atoms. The molecule has 62 valence electrons. The van der Waals surface area contributed by atoms with Crippen LogP contribution in [0.1, 0.15) is 13.8 Å². The van der Waals surface area contributed by atoms with Crippen LogP contribution in [0, 0.1) is 5.92 Å². The molecule has 0 radical (unpaired) electrons. The lowest BCUT2D eigenvalue weighted by Gasteiger charge is -2.17. The van der Waals surface area contributed by atoms with E-state index >= 15 is 0 Å². The third-order valence-electron chi connectivity index (χ3n) is 1.45. The Morgan fingerprint density at radius 2 is 2.36 bits per heavy atom. The Morgan fingerprint density at radius 1 is 1.64 bits per heavy atom. The SMILES string of the molecule is CC(C)CN(C)c1cnn[nH]1. The van der Waals surface area contributed by atoms with Gasteiger partial charge < -0.3 is 4.90 Å². The van der Waals surface area contributed by atoms with E-state index in [4.69, 9.17) is 0 Å². The Morgan fingerprint density at radius 3 is 2.82 bits per heavy atom. The fraction of sp³-hybridized carbons (Fsp3) is 0.714. The van der Waals surface area contributed by atoms with Crippen molar-refractivity contribution >= 4 is 5.82 Å². The van der Waals surface area contributed by atoms with Crippen molar-refractivity contribution in [3.05, 3.63) is 6.20 Å². The number of aromatic nitrogens is 3. The van der Waals surface area contributed by atoms with Crippen LogP contribution in [0.3, 0.4) is 0 Å². The zero-order valence-electron chi connectivity index (χ0n) is 7.20. The lowest BCUT2D eigenvalue weighted by Crippen LogP contribution is -2.22. The summed E-state index contributed by atoms with van der Waals surface area (Å²) in [5.41, 5.74) is 0. The standard InChI is InChI=1S/C7H14N4/c1-6(2)5-11(3)7-4-8-10-9-7/h4,6H,5H2,1-3H3,(H,8,9,10). The first-order valence-corrected chi connectivity index (χ1v) is 3.77. The first-order chi connectivity index (χ1) is 5.20. The number of anilines is 1. The van der Waals surface area contributed by atoms with Crippen LogP contribution in [0.4, 0.5) is 5.82 Å². The molecule has 0 saturated carbocycles. The molecule has 0 aromatic carbocycles. The largest absolute Gasteiger partial charge is 0.358 e. The van der Waals surface area contributed by atoms with Crippen LogP contribution in [0.25, 0.3) is 0 Å². The third kappa shape index (κ3) is 2.22. The molecule has 0 fully saturated rings. The maximum Gasteiger partial charge on any atom is 0.144 e. The smallest absolute Gasteiger partial charge is 0.144 e. The van der Waals surface area contributed by atoms with Crippen LogP contribution in [0.5, 0.6) is 0 Å². The summed E-state index contributed by atoms with van der Waals surface area (Å²) in [6, 6.07) is 0. The fourth-order valence-corrected chi connectivity index (χ4v) is 1.02. The van der Waals surface area contributed by atoms with Gasteiger partial charge in [-0.2, -0.15) is 0 Å². The number of hydrogen-bond donors (Lipinski definition) is 1. The summed E-state index contributed by atoms with van der Waals surface area (Å²) < 4.78 is 0. The Hall–Kier alpha value is -1.06. The minimum Gasteiger partial charge on any atom is -0.358 e. The van der Waals surface area contributed by atoms with Crippen LogP contribution in [-0.4, -0.2) is 29.0 Å². The first kappa shape index (κ1) is 8.04. The number of nitrogens with one attached hydrogen (secondary N) is 1. The fourth-order valence-electron chi connectivity index (χ4n) is 1.02. The summed E-state index contributed by atoms with van der Waals surface area (Å²) in [6.07, 6.45) is 1.72. The van der Waals surface area contributed by atoms with E-state index < -0.39 is 0 Å². The van der Waals surface area contributed by atoms with Gasteiger partial charge in [0.05, 0.1) is 6.20 Å². The van der Waals surface area contributed by atoms with Crippen molar-refractivity contribution in [1.29, 1.82) is 0 Å². The van der Waals surface area contributed by atoms with Gasteiger partial charge in [-0.05, 0) is 5.92 Å². The minimum atomic E-state index is 0.656. The van der Waals surface area contributed by atoms with Crippen molar-refractivity contribution in [2.45, 2.75) is 13.8 Å². The molecule has 0 bridgehead atoms. The summed E-state index contributed by atoms with van der Waals surface area (Å²) >= 11 is 0. The molecule has 0 amide bonds. The van der Waals surface area contributed by atoms with Crippen molar-refractivity contribution in [1.82, 2.24) is 15.4 Å². The average Bonchev–Trinajstić information content (AvgIpc) is 2.35. The van der Waals surface area contributed by atoms with Crippen molar-refractivity contribution in [2.24, 2.45) is 5.92 Å². The number of nitrogens with zero attached hydrogens (tertiary/aromatic N) is 3. The molecule has 0 aliphatic heterocycles. The maximum atomic E-state index is 3.70. The van der Waals surface area contributed by atoms with Crippen LogP contribution < -0.4 is 4.90 Å². The number of aromatic amines is 1. The number of H-pyrrole nitrogens is 1. The molecule has 1 aromatic rings. The topological polar surface area (TPSA) is 44.8 Å². The molecule has 4 heteroatoms. The Kier molecular flexibility index (Phi) is 2.46. The van der Waals surface area contributed by atoms with Gasteiger partial charge in [-0.3, -0.25) is 0 Å².